The Hall–Kier alpha value is -0.410. The first-order valence-corrected chi connectivity index (χ1v) is 7.13. The van der Waals surface area contributed by atoms with Crippen LogP contribution in [0.15, 0.2) is 22.7 Å². The van der Waals surface area contributed by atoms with Crippen molar-refractivity contribution in [2.45, 2.75) is 45.6 Å². The van der Waals surface area contributed by atoms with Crippen LogP contribution in [0.25, 0.3) is 0 Å². The van der Waals surface area contributed by atoms with Gasteiger partial charge in [0.15, 0.2) is 0 Å². The lowest BCUT2D eigenvalue weighted by molar-refractivity contribution is 0.472. The number of hydrogen-bond acceptors (Lipinski definition) is 1. The lowest BCUT2D eigenvalue weighted by atomic mass is 10.0. The third kappa shape index (κ3) is 5.64. The van der Waals surface area contributed by atoms with Crippen molar-refractivity contribution in [3.05, 3.63) is 34.1 Å². The average Bonchev–Trinajstić information content (AvgIpc) is 2.24. The molecule has 0 aliphatic rings. The van der Waals surface area contributed by atoms with Gasteiger partial charge in [0.2, 0.25) is 0 Å². The number of benzene rings is 1. The van der Waals surface area contributed by atoms with Gasteiger partial charge in [0, 0.05) is 10.5 Å². The Morgan fingerprint density at radius 3 is 2.59 bits per heavy atom. The minimum absolute atomic E-state index is 0.167. The molecule has 0 radical (unpaired) electrons. The highest BCUT2D eigenvalue weighted by atomic mass is 79.9. The van der Waals surface area contributed by atoms with Crippen LogP contribution in [0.3, 0.4) is 0 Å². The molecule has 0 spiro atoms. The highest BCUT2D eigenvalue weighted by Gasteiger charge is 2.09. The fourth-order valence-electron chi connectivity index (χ4n) is 1.99. The smallest absolute Gasteiger partial charge is 0.124 e. The van der Waals surface area contributed by atoms with Gasteiger partial charge in [-0.05, 0) is 49.6 Å². The minimum Gasteiger partial charge on any atom is -0.314 e. The fourth-order valence-corrected chi connectivity index (χ4v) is 2.50. The van der Waals surface area contributed by atoms with Crippen molar-refractivity contribution in [3.63, 3.8) is 0 Å². The molecule has 1 nitrogen and oxygen atoms in total. The molecule has 0 heterocycles. The molecule has 0 saturated heterocycles. The van der Waals surface area contributed by atoms with Gasteiger partial charge in [-0.15, -0.1) is 0 Å². The average molecular weight is 302 g/mol. The summed E-state index contributed by atoms with van der Waals surface area (Å²) in [6.45, 7) is 5.37. The standard InChI is InChI=1S/C14H21BrFN/c1-3-5-14(17-6-4-2)9-11-7-12(15)10-13(16)8-11/h7-8,10,14,17H,3-6,9H2,1-2H3. The lowest BCUT2D eigenvalue weighted by Gasteiger charge is -2.18. The number of hydrogen-bond donors (Lipinski definition) is 1. The number of nitrogens with one attached hydrogen (secondary N) is 1. The van der Waals surface area contributed by atoms with Crippen molar-refractivity contribution >= 4 is 15.9 Å². The van der Waals surface area contributed by atoms with Crippen LogP contribution in [0.2, 0.25) is 0 Å². The van der Waals surface area contributed by atoms with Crippen LogP contribution >= 0.6 is 15.9 Å². The predicted molar refractivity (Wildman–Crippen MR) is 74.8 cm³/mol. The molecule has 96 valence electrons. The number of halogens is 2. The van der Waals surface area contributed by atoms with E-state index in [4.69, 9.17) is 0 Å². The van der Waals surface area contributed by atoms with Crippen molar-refractivity contribution in [2.75, 3.05) is 6.54 Å². The van der Waals surface area contributed by atoms with Gasteiger partial charge in [-0.2, -0.15) is 0 Å². The molecule has 1 unspecified atom stereocenters. The van der Waals surface area contributed by atoms with Crippen LogP contribution in [0.4, 0.5) is 4.39 Å². The normalized spacial score (nSPS) is 12.7. The molecule has 17 heavy (non-hydrogen) atoms. The second-order valence-electron chi connectivity index (χ2n) is 4.42. The zero-order chi connectivity index (χ0) is 12.7. The van der Waals surface area contributed by atoms with Crippen LogP contribution in [0.1, 0.15) is 38.7 Å². The third-order valence-corrected chi connectivity index (χ3v) is 3.18. The predicted octanol–water partition coefficient (Wildman–Crippen LogP) is 4.30. The third-order valence-electron chi connectivity index (χ3n) is 2.72. The van der Waals surface area contributed by atoms with Gasteiger partial charge >= 0.3 is 0 Å². The summed E-state index contributed by atoms with van der Waals surface area (Å²) in [5, 5.41) is 3.52. The highest BCUT2D eigenvalue weighted by Crippen LogP contribution is 2.17. The summed E-state index contributed by atoms with van der Waals surface area (Å²) in [5.74, 6) is -0.167. The molecule has 0 saturated carbocycles. The van der Waals surface area contributed by atoms with Crippen LogP contribution in [-0.2, 0) is 6.42 Å². The zero-order valence-electron chi connectivity index (χ0n) is 10.6. The Balaban J connectivity index is 2.63. The van der Waals surface area contributed by atoms with Crippen LogP contribution < -0.4 is 5.32 Å². The summed E-state index contributed by atoms with van der Waals surface area (Å²) < 4.78 is 14.1. The van der Waals surface area contributed by atoms with E-state index in [1.165, 1.54) is 6.07 Å². The molecule has 0 aromatic heterocycles. The highest BCUT2D eigenvalue weighted by molar-refractivity contribution is 9.10. The molecule has 1 aromatic rings. The zero-order valence-corrected chi connectivity index (χ0v) is 12.2. The molecule has 0 aliphatic heterocycles. The maximum Gasteiger partial charge on any atom is 0.124 e. The SMILES string of the molecule is CCCNC(CCC)Cc1cc(F)cc(Br)c1. The fraction of sp³-hybridized carbons (Fsp3) is 0.571. The molecule has 1 rings (SSSR count). The van der Waals surface area contributed by atoms with Gasteiger partial charge in [0.1, 0.15) is 5.82 Å². The van der Waals surface area contributed by atoms with Crippen molar-refractivity contribution in [1.82, 2.24) is 5.32 Å². The van der Waals surface area contributed by atoms with Gasteiger partial charge < -0.3 is 5.32 Å². The Labute approximate surface area is 112 Å². The monoisotopic (exact) mass is 301 g/mol. The molecule has 1 N–H and O–H groups in total. The second kappa shape index (κ2) is 7.83. The van der Waals surface area contributed by atoms with E-state index in [1.807, 2.05) is 6.07 Å². The first kappa shape index (κ1) is 14.7. The minimum atomic E-state index is -0.167. The molecule has 1 aromatic carbocycles. The quantitative estimate of drug-likeness (QED) is 0.792. The van der Waals surface area contributed by atoms with E-state index in [-0.39, 0.29) is 5.82 Å². The van der Waals surface area contributed by atoms with Gasteiger partial charge in [-0.1, -0.05) is 36.2 Å². The van der Waals surface area contributed by atoms with Crippen molar-refractivity contribution in [2.24, 2.45) is 0 Å². The van der Waals surface area contributed by atoms with E-state index in [1.54, 1.807) is 6.07 Å². The summed E-state index contributed by atoms with van der Waals surface area (Å²) in [6.07, 6.45) is 4.31. The molecule has 0 amide bonds. The van der Waals surface area contributed by atoms with E-state index in [0.29, 0.717) is 6.04 Å². The topological polar surface area (TPSA) is 12.0 Å². The summed E-state index contributed by atoms with van der Waals surface area (Å²) >= 11 is 3.33. The lowest BCUT2D eigenvalue weighted by Crippen LogP contribution is -2.31. The summed E-state index contributed by atoms with van der Waals surface area (Å²) in [5.41, 5.74) is 1.05. The molecule has 0 aliphatic carbocycles. The molecular weight excluding hydrogens is 281 g/mol. The molecule has 0 bridgehead atoms. The Bertz CT molecular complexity index is 321. The first-order chi connectivity index (χ1) is 8.15. The first-order valence-electron chi connectivity index (χ1n) is 6.34. The Morgan fingerprint density at radius 1 is 1.24 bits per heavy atom. The van der Waals surface area contributed by atoms with Crippen molar-refractivity contribution in [3.8, 4) is 0 Å². The van der Waals surface area contributed by atoms with E-state index >= 15 is 0 Å². The van der Waals surface area contributed by atoms with Gasteiger partial charge in [0.25, 0.3) is 0 Å². The largest absolute Gasteiger partial charge is 0.314 e. The maximum atomic E-state index is 13.3. The summed E-state index contributed by atoms with van der Waals surface area (Å²) in [4.78, 5) is 0. The van der Waals surface area contributed by atoms with E-state index in [0.717, 1.165) is 42.3 Å². The van der Waals surface area contributed by atoms with Gasteiger partial charge in [-0.3, -0.25) is 0 Å². The number of rotatable bonds is 7. The Kier molecular flexibility index (Phi) is 6.75. The van der Waals surface area contributed by atoms with Gasteiger partial charge in [0.05, 0.1) is 0 Å². The molecular formula is C14H21BrFN. The summed E-state index contributed by atoms with van der Waals surface area (Å²) in [6, 6.07) is 5.58. The maximum absolute atomic E-state index is 13.3. The van der Waals surface area contributed by atoms with E-state index in [9.17, 15) is 4.39 Å². The molecule has 3 heteroatoms. The Morgan fingerprint density at radius 2 is 2.00 bits per heavy atom. The van der Waals surface area contributed by atoms with Crippen LogP contribution in [0.5, 0.6) is 0 Å². The van der Waals surface area contributed by atoms with Crippen molar-refractivity contribution in [1.29, 1.82) is 0 Å². The van der Waals surface area contributed by atoms with Crippen LogP contribution in [0, 0.1) is 5.82 Å². The van der Waals surface area contributed by atoms with E-state index in [2.05, 4.69) is 35.1 Å². The summed E-state index contributed by atoms with van der Waals surface area (Å²) in [7, 11) is 0. The molecule has 0 fully saturated rings. The van der Waals surface area contributed by atoms with Crippen LogP contribution in [-0.4, -0.2) is 12.6 Å². The van der Waals surface area contributed by atoms with E-state index < -0.39 is 0 Å². The molecule has 1 atom stereocenters. The van der Waals surface area contributed by atoms with Crippen molar-refractivity contribution < 1.29 is 4.39 Å². The second-order valence-corrected chi connectivity index (χ2v) is 5.34. The van der Waals surface area contributed by atoms with Gasteiger partial charge in [-0.25, -0.2) is 4.39 Å².